The van der Waals surface area contributed by atoms with Crippen LogP contribution in [0.5, 0.6) is 6.01 Å². The predicted molar refractivity (Wildman–Crippen MR) is 83.9 cm³/mol. The van der Waals surface area contributed by atoms with Crippen LogP contribution < -0.4 is 15.4 Å². The number of hydrogen-bond acceptors (Lipinski definition) is 7. The van der Waals surface area contributed by atoms with Crippen LogP contribution in [0.4, 0.5) is 11.9 Å². The fourth-order valence-corrected chi connectivity index (χ4v) is 2.48. The van der Waals surface area contributed by atoms with Crippen molar-refractivity contribution in [2.45, 2.75) is 26.7 Å². The quantitative estimate of drug-likeness (QED) is 0.751. The van der Waals surface area contributed by atoms with Gasteiger partial charge in [0, 0.05) is 20.1 Å². The van der Waals surface area contributed by atoms with E-state index in [9.17, 15) is 0 Å². The van der Waals surface area contributed by atoms with Crippen LogP contribution in [0.3, 0.4) is 0 Å². The van der Waals surface area contributed by atoms with Gasteiger partial charge >= 0.3 is 6.01 Å². The number of nitrogens with zero attached hydrogens (tertiary/aromatic N) is 4. The lowest BCUT2D eigenvalue weighted by molar-refractivity contribution is 0.293. The Morgan fingerprint density at radius 3 is 2.57 bits per heavy atom. The molecule has 1 aliphatic heterocycles. The summed E-state index contributed by atoms with van der Waals surface area (Å²) in [6, 6.07) is 0.353. The molecule has 0 saturated carbocycles. The smallest absolute Gasteiger partial charge is 0.323 e. The van der Waals surface area contributed by atoms with E-state index in [4.69, 9.17) is 4.74 Å². The molecule has 1 unspecified atom stereocenters. The summed E-state index contributed by atoms with van der Waals surface area (Å²) in [6.07, 6.45) is 2.66. The molecule has 0 aliphatic carbocycles. The number of rotatable bonds is 8. The first kappa shape index (κ1) is 15.8. The second-order valence-electron chi connectivity index (χ2n) is 5.44. The summed E-state index contributed by atoms with van der Waals surface area (Å²) in [5.41, 5.74) is 0. The number of nitrogens with one attached hydrogen (secondary N) is 2. The molecule has 1 aliphatic rings. The molecule has 21 heavy (non-hydrogen) atoms. The summed E-state index contributed by atoms with van der Waals surface area (Å²) < 4.78 is 5.35. The fourth-order valence-electron chi connectivity index (χ4n) is 2.48. The van der Waals surface area contributed by atoms with E-state index in [1.54, 1.807) is 7.05 Å². The van der Waals surface area contributed by atoms with Crippen LogP contribution in [0.1, 0.15) is 26.7 Å². The summed E-state index contributed by atoms with van der Waals surface area (Å²) in [7, 11) is 1.78. The minimum Gasteiger partial charge on any atom is -0.464 e. The Hall–Kier alpha value is -1.63. The van der Waals surface area contributed by atoms with Crippen LogP contribution in [0.15, 0.2) is 0 Å². The normalized spacial score (nSPS) is 16.7. The zero-order valence-electron chi connectivity index (χ0n) is 13.2. The molecular weight excluding hydrogens is 268 g/mol. The van der Waals surface area contributed by atoms with Crippen molar-refractivity contribution < 1.29 is 4.74 Å². The van der Waals surface area contributed by atoms with Crippen molar-refractivity contribution in [1.29, 1.82) is 0 Å². The first-order valence-corrected chi connectivity index (χ1v) is 7.74. The van der Waals surface area contributed by atoms with Crippen molar-refractivity contribution >= 4 is 11.9 Å². The minimum atomic E-state index is 0.353. The molecule has 0 bridgehead atoms. The van der Waals surface area contributed by atoms with Gasteiger partial charge in [-0.15, -0.1) is 0 Å². The third kappa shape index (κ3) is 5.00. The minimum absolute atomic E-state index is 0.353. The van der Waals surface area contributed by atoms with Crippen molar-refractivity contribution in [2.24, 2.45) is 5.92 Å². The Balaban J connectivity index is 1.87. The molecule has 1 aromatic heterocycles. The molecule has 0 spiro atoms. The molecular formula is C14H26N6O. The van der Waals surface area contributed by atoms with Gasteiger partial charge in [-0.05, 0) is 38.8 Å². The van der Waals surface area contributed by atoms with Crippen molar-refractivity contribution in [3.63, 3.8) is 0 Å². The van der Waals surface area contributed by atoms with Crippen LogP contribution in [-0.4, -0.2) is 59.7 Å². The number of hydrogen-bond donors (Lipinski definition) is 2. The zero-order chi connectivity index (χ0) is 15.1. The molecule has 118 valence electrons. The SMILES string of the molecule is CCOc1nc(NC)nc(NCC(C)CN2CCCC2)n1. The van der Waals surface area contributed by atoms with E-state index >= 15 is 0 Å². The lowest BCUT2D eigenvalue weighted by Gasteiger charge is -2.20. The average molecular weight is 294 g/mol. The van der Waals surface area contributed by atoms with Gasteiger partial charge < -0.3 is 20.3 Å². The van der Waals surface area contributed by atoms with Crippen LogP contribution in [0.25, 0.3) is 0 Å². The fraction of sp³-hybridized carbons (Fsp3) is 0.786. The molecule has 2 heterocycles. The van der Waals surface area contributed by atoms with E-state index in [0.717, 1.165) is 13.1 Å². The van der Waals surface area contributed by atoms with Gasteiger partial charge in [-0.3, -0.25) is 0 Å². The van der Waals surface area contributed by atoms with E-state index in [1.807, 2.05) is 6.92 Å². The standard InChI is InChI=1S/C14H26N6O/c1-4-21-14-18-12(15-3)17-13(19-14)16-9-11(2)10-20-7-5-6-8-20/h11H,4-10H2,1-3H3,(H2,15,16,17,18,19). The Morgan fingerprint density at radius 1 is 1.19 bits per heavy atom. The average Bonchev–Trinajstić information content (AvgIpc) is 2.98. The van der Waals surface area contributed by atoms with Gasteiger partial charge in [0.15, 0.2) is 0 Å². The first-order valence-electron chi connectivity index (χ1n) is 7.74. The molecule has 1 aromatic rings. The van der Waals surface area contributed by atoms with Gasteiger partial charge in [-0.25, -0.2) is 0 Å². The highest BCUT2D eigenvalue weighted by Crippen LogP contribution is 2.13. The molecule has 0 radical (unpaired) electrons. The molecule has 7 heteroatoms. The maximum absolute atomic E-state index is 5.35. The van der Waals surface area contributed by atoms with Gasteiger partial charge in [-0.2, -0.15) is 15.0 Å². The third-order valence-corrected chi connectivity index (χ3v) is 3.49. The van der Waals surface area contributed by atoms with E-state index in [0.29, 0.717) is 30.4 Å². The molecule has 0 aromatic carbocycles. The number of anilines is 2. The second-order valence-corrected chi connectivity index (χ2v) is 5.44. The van der Waals surface area contributed by atoms with E-state index in [1.165, 1.54) is 25.9 Å². The highest BCUT2D eigenvalue weighted by Gasteiger charge is 2.15. The number of aromatic nitrogens is 3. The lowest BCUT2D eigenvalue weighted by atomic mass is 10.1. The topological polar surface area (TPSA) is 75.2 Å². The van der Waals surface area contributed by atoms with Gasteiger partial charge in [0.2, 0.25) is 11.9 Å². The van der Waals surface area contributed by atoms with Crippen molar-refractivity contribution in [3.05, 3.63) is 0 Å². The molecule has 2 rings (SSSR count). The third-order valence-electron chi connectivity index (χ3n) is 3.49. The first-order chi connectivity index (χ1) is 10.2. The van der Waals surface area contributed by atoms with Crippen LogP contribution in [0, 0.1) is 5.92 Å². The summed E-state index contributed by atoms with van der Waals surface area (Å²) in [4.78, 5) is 15.2. The number of likely N-dealkylation sites (tertiary alicyclic amines) is 1. The summed E-state index contributed by atoms with van der Waals surface area (Å²) in [5.74, 6) is 1.63. The maximum atomic E-state index is 5.35. The maximum Gasteiger partial charge on any atom is 0.323 e. The summed E-state index contributed by atoms with van der Waals surface area (Å²) >= 11 is 0. The molecule has 1 atom stereocenters. The van der Waals surface area contributed by atoms with Crippen LogP contribution in [0.2, 0.25) is 0 Å². The monoisotopic (exact) mass is 294 g/mol. The molecule has 7 nitrogen and oxygen atoms in total. The summed E-state index contributed by atoms with van der Waals surface area (Å²) in [6.45, 7) is 9.12. The second kappa shape index (κ2) is 7.97. The van der Waals surface area contributed by atoms with Crippen molar-refractivity contribution in [3.8, 4) is 6.01 Å². The van der Waals surface area contributed by atoms with Crippen molar-refractivity contribution in [1.82, 2.24) is 19.9 Å². The zero-order valence-corrected chi connectivity index (χ0v) is 13.2. The van der Waals surface area contributed by atoms with Gasteiger partial charge in [0.05, 0.1) is 6.61 Å². The summed E-state index contributed by atoms with van der Waals surface area (Å²) in [5, 5.41) is 6.21. The van der Waals surface area contributed by atoms with E-state index < -0.39 is 0 Å². The Morgan fingerprint density at radius 2 is 1.90 bits per heavy atom. The molecule has 2 N–H and O–H groups in total. The van der Waals surface area contributed by atoms with Gasteiger partial charge in [0.1, 0.15) is 0 Å². The number of ether oxygens (including phenoxy) is 1. The Labute approximate surface area is 126 Å². The van der Waals surface area contributed by atoms with Gasteiger partial charge in [-0.1, -0.05) is 6.92 Å². The van der Waals surface area contributed by atoms with E-state index in [2.05, 4.69) is 37.4 Å². The van der Waals surface area contributed by atoms with E-state index in [-0.39, 0.29) is 0 Å². The highest BCUT2D eigenvalue weighted by molar-refractivity contribution is 5.35. The Bertz CT molecular complexity index is 435. The molecule has 0 amide bonds. The predicted octanol–water partition coefficient (Wildman–Crippen LogP) is 1.46. The van der Waals surface area contributed by atoms with Crippen LogP contribution >= 0.6 is 0 Å². The Kier molecular flexibility index (Phi) is 5.98. The highest BCUT2D eigenvalue weighted by atomic mass is 16.5. The molecule has 1 fully saturated rings. The van der Waals surface area contributed by atoms with Crippen molar-refractivity contribution in [2.75, 3.05) is 50.5 Å². The van der Waals surface area contributed by atoms with Crippen LogP contribution in [-0.2, 0) is 0 Å². The molecule has 1 saturated heterocycles. The lowest BCUT2D eigenvalue weighted by Crippen LogP contribution is -2.29. The largest absolute Gasteiger partial charge is 0.464 e. The van der Waals surface area contributed by atoms with Gasteiger partial charge in [0.25, 0.3) is 0 Å².